The molecule has 0 fully saturated rings. The van der Waals surface area contributed by atoms with E-state index in [9.17, 15) is 9.90 Å². The van der Waals surface area contributed by atoms with Gasteiger partial charge >= 0.3 is 5.97 Å². The summed E-state index contributed by atoms with van der Waals surface area (Å²) in [5.74, 6) is -0.543. The van der Waals surface area contributed by atoms with Crippen LogP contribution in [-0.4, -0.2) is 16.1 Å². The van der Waals surface area contributed by atoms with E-state index < -0.39 is 5.97 Å². The van der Waals surface area contributed by atoms with Gasteiger partial charge in [-0.25, -0.2) is 4.79 Å². The van der Waals surface area contributed by atoms with E-state index in [4.69, 9.17) is 16.6 Å². The van der Waals surface area contributed by atoms with Crippen molar-refractivity contribution in [2.45, 2.75) is 38.5 Å². The van der Waals surface area contributed by atoms with Crippen molar-refractivity contribution in [3.63, 3.8) is 0 Å². The Hall–Kier alpha value is -1.61. The zero-order valence-corrected chi connectivity index (χ0v) is 12.1. The summed E-state index contributed by atoms with van der Waals surface area (Å²) in [5, 5.41) is 10.7. The molecule has 0 spiro atoms. The van der Waals surface area contributed by atoms with E-state index in [-0.39, 0.29) is 0 Å². The van der Waals surface area contributed by atoms with Crippen molar-refractivity contribution in [3.05, 3.63) is 40.0 Å². The van der Waals surface area contributed by atoms with Gasteiger partial charge in [-0.2, -0.15) is 0 Å². The second-order valence-electron chi connectivity index (χ2n) is 5.29. The molecule has 4 heteroatoms. The molecule has 1 unspecified atom stereocenters. The third kappa shape index (κ3) is 1.97. The number of halogens is 1. The van der Waals surface area contributed by atoms with E-state index in [0.717, 1.165) is 36.9 Å². The summed E-state index contributed by atoms with van der Waals surface area (Å²) < 4.78 is 0. The summed E-state index contributed by atoms with van der Waals surface area (Å²) in [6.45, 7) is 2.13. The van der Waals surface area contributed by atoms with Gasteiger partial charge in [-0.1, -0.05) is 24.6 Å². The van der Waals surface area contributed by atoms with Crippen molar-refractivity contribution in [3.8, 4) is 0 Å². The minimum atomic E-state index is -0.904. The van der Waals surface area contributed by atoms with Gasteiger partial charge in [0.25, 0.3) is 0 Å². The van der Waals surface area contributed by atoms with Crippen LogP contribution in [0.5, 0.6) is 0 Å². The van der Waals surface area contributed by atoms with Gasteiger partial charge in [-0.3, -0.25) is 4.98 Å². The van der Waals surface area contributed by atoms with Crippen molar-refractivity contribution in [1.82, 2.24) is 4.98 Å². The molecule has 0 radical (unpaired) electrons. The summed E-state index contributed by atoms with van der Waals surface area (Å²) in [6.07, 6.45) is 3.87. The Balaban J connectivity index is 2.42. The summed E-state index contributed by atoms with van der Waals surface area (Å²) in [5.41, 5.74) is 2.89. The van der Waals surface area contributed by atoms with Crippen LogP contribution in [0.4, 0.5) is 0 Å². The van der Waals surface area contributed by atoms with Crippen LogP contribution in [-0.2, 0) is 6.42 Å². The largest absolute Gasteiger partial charge is 0.478 e. The summed E-state index contributed by atoms with van der Waals surface area (Å²) >= 11 is 6.22. The van der Waals surface area contributed by atoms with Crippen molar-refractivity contribution in [1.29, 1.82) is 0 Å². The lowest BCUT2D eigenvalue weighted by Crippen LogP contribution is -2.17. The quantitative estimate of drug-likeness (QED) is 0.890. The first-order valence-electron chi connectivity index (χ1n) is 6.97. The molecule has 1 aliphatic carbocycles. The zero-order chi connectivity index (χ0) is 14.3. The summed E-state index contributed by atoms with van der Waals surface area (Å²) in [4.78, 5) is 16.5. The molecule has 1 aliphatic rings. The van der Waals surface area contributed by atoms with Gasteiger partial charge in [-0.05, 0) is 43.4 Å². The highest BCUT2D eigenvalue weighted by atomic mass is 35.5. The van der Waals surface area contributed by atoms with E-state index in [0.29, 0.717) is 27.4 Å². The fourth-order valence-electron chi connectivity index (χ4n) is 3.22. The molecule has 0 saturated carbocycles. The number of carboxylic acids is 1. The number of pyridine rings is 1. The Morgan fingerprint density at radius 1 is 1.50 bits per heavy atom. The second-order valence-corrected chi connectivity index (χ2v) is 5.69. The number of hydrogen-bond acceptors (Lipinski definition) is 2. The topological polar surface area (TPSA) is 50.2 Å². The minimum Gasteiger partial charge on any atom is -0.478 e. The van der Waals surface area contributed by atoms with Gasteiger partial charge in [0.05, 0.1) is 16.1 Å². The van der Waals surface area contributed by atoms with Crippen LogP contribution in [0.3, 0.4) is 0 Å². The maximum absolute atomic E-state index is 11.7. The van der Waals surface area contributed by atoms with Gasteiger partial charge in [-0.15, -0.1) is 0 Å². The maximum atomic E-state index is 11.7. The molecule has 0 aliphatic heterocycles. The number of aromatic carboxylic acids is 1. The first-order valence-corrected chi connectivity index (χ1v) is 7.35. The van der Waals surface area contributed by atoms with Gasteiger partial charge in [0.2, 0.25) is 0 Å². The highest BCUT2D eigenvalue weighted by molar-refractivity contribution is 6.36. The van der Waals surface area contributed by atoms with Gasteiger partial charge < -0.3 is 5.11 Å². The standard InChI is InChI=1S/C16H16ClNO2/c1-2-9-5-3-6-10-13(16(19)20)14-11(17)7-4-8-12(14)18-15(9)10/h4,7-9H,2-3,5-6H2,1H3,(H,19,20). The number of fused-ring (bicyclic) bond motifs is 2. The average molecular weight is 290 g/mol. The van der Waals surface area contributed by atoms with Crippen LogP contribution in [0.25, 0.3) is 10.9 Å². The minimum absolute atomic E-state index is 0.355. The predicted molar refractivity (Wildman–Crippen MR) is 79.7 cm³/mol. The molecule has 104 valence electrons. The van der Waals surface area contributed by atoms with Gasteiger partial charge in [0.15, 0.2) is 0 Å². The third-order valence-corrected chi connectivity index (χ3v) is 4.48. The average Bonchev–Trinajstić information content (AvgIpc) is 2.44. The SMILES string of the molecule is CCC1CCCc2c1nc1cccc(Cl)c1c2C(=O)O. The van der Waals surface area contributed by atoms with Crippen LogP contribution in [0.2, 0.25) is 5.02 Å². The van der Waals surface area contributed by atoms with Crippen LogP contribution in [0.1, 0.15) is 53.7 Å². The number of nitrogens with zero attached hydrogens (tertiary/aromatic N) is 1. The first-order chi connectivity index (χ1) is 9.63. The molecule has 2 aromatic rings. The Kier molecular flexibility index (Phi) is 3.38. The normalized spacial score (nSPS) is 18.0. The lowest BCUT2D eigenvalue weighted by Gasteiger charge is -2.25. The van der Waals surface area contributed by atoms with Crippen LogP contribution >= 0.6 is 11.6 Å². The zero-order valence-electron chi connectivity index (χ0n) is 11.3. The van der Waals surface area contributed by atoms with E-state index in [1.165, 1.54) is 0 Å². The molecule has 20 heavy (non-hydrogen) atoms. The van der Waals surface area contributed by atoms with E-state index in [1.807, 2.05) is 12.1 Å². The Morgan fingerprint density at radius 2 is 2.30 bits per heavy atom. The fraction of sp³-hybridized carbons (Fsp3) is 0.375. The highest BCUT2D eigenvalue weighted by Gasteiger charge is 2.27. The molecule has 3 rings (SSSR count). The van der Waals surface area contributed by atoms with Crippen molar-refractivity contribution in [2.75, 3.05) is 0 Å². The number of benzene rings is 1. The molecule has 1 N–H and O–H groups in total. The molecule has 0 saturated heterocycles. The molecule has 1 atom stereocenters. The molecule has 0 amide bonds. The Morgan fingerprint density at radius 3 is 3.00 bits per heavy atom. The number of carboxylic acid groups (broad SMARTS) is 1. The first kappa shape index (κ1) is 13.4. The fourth-order valence-corrected chi connectivity index (χ4v) is 3.48. The molecule has 1 aromatic carbocycles. The van der Waals surface area contributed by atoms with Crippen molar-refractivity contribution < 1.29 is 9.90 Å². The second kappa shape index (κ2) is 5.06. The lowest BCUT2D eigenvalue weighted by molar-refractivity contribution is 0.0697. The summed E-state index contributed by atoms with van der Waals surface area (Å²) in [6, 6.07) is 5.39. The summed E-state index contributed by atoms with van der Waals surface area (Å²) in [7, 11) is 0. The predicted octanol–water partition coefficient (Wildman–Crippen LogP) is 4.42. The lowest BCUT2D eigenvalue weighted by atomic mass is 9.82. The highest BCUT2D eigenvalue weighted by Crippen LogP contribution is 2.38. The smallest absolute Gasteiger partial charge is 0.336 e. The molecule has 0 bridgehead atoms. The Bertz CT molecular complexity index is 696. The number of carbonyl (C=O) groups is 1. The van der Waals surface area contributed by atoms with E-state index in [1.54, 1.807) is 6.07 Å². The van der Waals surface area contributed by atoms with E-state index >= 15 is 0 Å². The molecule has 1 heterocycles. The number of aromatic nitrogens is 1. The van der Waals surface area contributed by atoms with Gasteiger partial charge in [0, 0.05) is 17.0 Å². The van der Waals surface area contributed by atoms with E-state index in [2.05, 4.69) is 6.92 Å². The van der Waals surface area contributed by atoms with Crippen molar-refractivity contribution >= 4 is 28.5 Å². The molecular weight excluding hydrogens is 274 g/mol. The molecule has 1 aromatic heterocycles. The van der Waals surface area contributed by atoms with Gasteiger partial charge in [0.1, 0.15) is 0 Å². The van der Waals surface area contributed by atoms with Crippen LogP contribution in [0, 0.1) is 0 Å². The molecular formula is C16H16ClNO2. The molecule has 3 nitrogen and oxygen atoms in total. The number of rotatable bonds is 2. The van der Waals surface area contributed by atoms with Crippen molar-refractivity contribution in [2.24, 2.45) is 0 Å². The maximum Gasteiger partial charge on any atom is 0.336 e. The van der Waals surface area contributed by atoms with Crippen LogP contribution < -0.4 is 0 Å². The monoisotopic (exact) mass is 289 g/mol. The Labute approximate surface area is 122 Å². The third-order valence-electron chi connectivity index (χ3n) is 4.17. The number of hydrogen-bond donors (Lipinski definition) is 1. The van der Waals surface area contributed by atoms with Crippen LogP contribution in [0.15, 0.2) is 18.2 Å².